The van der Waals surface area contributed by atoms with Crippen molar-refractivity contribution in [3.63, 3.8) is 0 Å². The van der Waals surface area contributed by atoms with Gasteiger partial charge in [0.15, 0.2) is 0 Å². The molecule has 1 aliphatic rings. The van der Waals surface area contributed by atoms with Crippen molar-refractivity contribution in [2.45, 2.75) is 26.2 Å². The molecule has 0 bridgehead atoms. The van der Waals surface area contributed by atoms with Gasteiger partial charge in [0.25, 0.3) is 0 Å². The molecule has 0 saturated carbocycles. The van der Waals surface area contributed by atoms with Gasteiger partial charge in [-0.05, 0) is 11.5 Å². The molecule has 0 N–H and O–H groups in total. The Hall–Kier alpha value is -0.771. The van der Waals surface area contributed by atoms with E-state index in [1.54, 1.807) is 0 Å². The van der Waals surface area contributed by atoms with Gasteiger partial charge in [0.05, 0.1) is 0 Å². The second-order valence-corrected chi connectivity index (χ2v) is 7.38. The van der Waals surface area contributed by atoms with Crippen LogP contribution in [0.3, 0.4) is 0 Å². The molecule has 0 atom stereocenters. The van der Waals surface area contributed by atoms with Gasteiger partial charge < -0.3 is 0 Å². The van der Waals surface area contributed by atoms with E-state index in [-0.39, 0.29) is 0 Å². The van der Waals surface area contributed by atoms with Crippen LogP contribution in [0.25, 0.3) is 0 Å². The Morgan fingerprint density at radius 2 is 1.41 bits per heavy atom. The quantitative estimate of drug-likeness (QED) is 0.265. The minimum absolute atomic E-state index is 0.659. The molecule has 0 heterocycles. The van der Waals surface area contributed by atoms with Crippen molar-refractivity contribution >= 4 is 7.81 Å². The number of allylic oxidation sites excluding steroid dienone is 4. The summed E-state index contributed by atoms with van der Waals surface area (Å²) < 4.78 is 60.4. The van der Waals surface area contributed by atoms with Gasteiger partial charge in [-0.1, -0.05) is 44.2 Å². The number of halogens is 6. The van der Waals surface area contributed by atoms with Crippen LogP contribution in [-0.2, 0) is 16.0 Å². The molecular formula is C14H17F6FeP. The van der Waals surface area contributed by atoms with Gasteiger partial charge in [-0.15, -0.1) is 0 Å². The standard InChI is InChI=1S/C9H12.C5H5.F6P.Fe/c1-8(2)9-6-4-3-5-7-9;1-2-4-5-3-1;1-7(2,3,4,5)6;/h3-8H,1-2H3;1-3H,4H2;;/q;;-1;+1. The van der Waals surface area contributed by atoms with E-state index < -0.39 is 7.81 Å². The van der Waals surface area contributed by atoms with Crippen molar-refractivity contribution in [3.8, 4) is 0 Å². The van der Waals surface area contributed by atoms with Crippen LogP contribution in [0, 0.1) is 0 Å². The Bertz CT molecular complexity index is 505. The number of benzene rings is 1. The van der Waals surface area contributed by atoms with E-state index in [0.717, 1.165) is 6.42 Å². The van der Waals surface area contributed by atoms with E-state index in [0.29, 0.717) is 5.92 Å². The van der Waals surface area contributed by atoms with Crippen LogP contribution in [0.15, 0.2) is 53.0 Å². The summed E-state index contributed by atoms with van der Waals surface area (Å²) in [6.45, 7) is 4.41. The van der Waals surface area contributed by atoms with E-state index >= 15 is 0 Å². The fourth-order valence-corrected chi connectivity index (χ4v) is 1.49. The first kappa shape index (κ1) is 21.2. The fourth-order valence-electron chi connectivity index (χ4n) is 1.25. The summed E-state index contributed by atoms with van der Waals surface area (Å²) in [6, 6.07) is 10.5. The Morgan fingerprint density at radius 3 is 1.59 bits per heavy atom. The molecule has 0 aliphatic heterocycles. The van der Waals surface area contributed by atoms with Crippen LogP contribution in [-0.4, -0.2) is 0 Å². The third kappa shape index (κ3) is 19.2. The summed E-state index contributed by atoms with van der Waals surface area (Å²) >= 11 is 3.74. The van der Waals surface area contributed by atoms with Crippen LogP contribution in [0.2, 0.25) is 0 Å². The van der Waals surface area contributed by atoms with E-state index in [9.17, 15) is 25.2 Å². The SMILES string of the molecule is CC(C)c1ccccc1.F[P-](F)(F)(F)(F)F.[Fe+][C]1=CC=CC1. The molecule has 8 heteroatoms. The molecule has 1 aliphatic carbocycles. The second-order valence-electron chi connectivity index (χ2n) is 4.75. The predicted molar refractivity (Wildman–Crippen MR) is 75.9 cm³/mol. The molecule has 0 saturated heterocycles. The third-order valence-electron chi connectivity index (χ3n) is 2.18. The number of hydrogen-bond donors (Lipinski definition) is 0. The minimum atomic E-state index is -10.7. The predicted octanol–water partition coefficient (Wildman–Crippen LogP) is 7.57. The van der Waals surface area contributed by atoms with Crippen LogP contribution >= 0.6 is 7.81 Å². The summed E-state index contributed by atoms with van der Waals surface area (Å²) in [6.07, 6.45) is 7.21. The van der Waals surface area contributed by atoms with E-state index in [2.05, 4.69) is 60.2 Å². The summed E-state index contributed by atoms with van der Waals surface area (Å²) in [5.74, 6) is 0.659. The fraction of sp³-hybridized carbons (Fsp3) is 0.286. The molecule has 0 fully saturated rings. The molecule has 0 aromatic heterocycles. The molecule has 1 aromatic carbocycles. The average Bonchev–Trinajstić information content (AvgIpc) is 2.78. The topological polar surface area (TPSA) is 0 Å². The van der Waals surface area contributed by atoms with Gasteiger partial charge in [0, 0.05) is 0 Å². The molecule has 2 rings (SSSR count). The monoisotopic (exact) mass is 386 g/mol. The summed E-state index contributed by atoms with van der Waals surface area (Å²) in [4.78, 5) is 0. The van der Waals surface area contributed by atoms with Gasteiger partial charge in [-0.2, -0.15) is 0 Å². The first-order valence-electron chi connectivity index (χ1n) is 6.26. The molecule has 0 nitrogen and oxygen atoms in total. The summed E-state index contributed by atoms with van der Waals surface area (Å²) in [5.41, 5.74) is 1.41. The van der Waals surface area contributed by atoms with Crippen LogP contribution in [0.4, 0.5) is 25.2 Å². The Balaban J connectivity index is 0.000000308. The van der Waals surface area contributed by atoms with Gasteiger partial charge in [0.2, 0.25) is 0 Å². The van der Waals surface area contributed by atoms with Gasteiger partial charge in [-0.25, -0.2) is 0 Å². The normalized spacial score (nSPS) is 16.5. The van der Waals surface area contributed by atoms with Gasteiger partial charge in [0.1, 0.15) is 0 Å². The summed E-state index contributed by atoms with van der Waals surface area (Å²) in [7, 11) is -10.7. The van der Waals surface area contributed by atoms with Gasteiger partial charge >= 0.3 is 78.1 Å². The first-order chi connectivity index (χ1) is 9.65. The number of rotatable bonds is 1. The molecule has 0 radical (unpaired) electrons. The van der Waals surface area contributed by atoms with Crippen molar-refractivity contribution in [2.75, 3.05) is 0 Å². The van der Waals surface area contributed by atoms with Gasteiger partial charge in [-0.3, -0.25) is 0 Å². The molecule has 0 amide bonds. The number of hydrogen-bond acceptors (Lipinski definition) is 0. The average molecular weight is 386 g/mol. The zero-order chi connectivity index (χ0) is 17.5. The first-order valence-corrected chi connectivity index (χ1v) is 8.84. The Morgan fingerprint density at radius 1 is 0.955 bits per heavy atom. The molecule has 128 valence electrons. The molecule has 0 spiro atoms. The van der Waals surface area contributed by atoms with Crippen molar-refractivity contribution in [3.05, 3.63) is 58.6 Å². The Kier molecular flexibility index (Phi) is 6.95. The third-order valence-corrected chi connectivity index (χ3v) is 2.59. The van der Waals surface area contributed by atoms with E-state index in [1.807, 2.05) is 18.2 Å². The van der Waals surface area contributed by atoms with Crippen molar-refractivity contribution in [1.29, 1.82) is 0 Å². The summed E-state index contributed by atoms with van der Waals surface area (Å²) in [5, 5.41) is 0. The maximum absolute atomic E-state index is 10.7. The van der Waals surface area contributed by atoms with Crippen molar-refractivity contribution < 1.29 is 41.2 Å². The molecule has 22 heavy (non-hydrogen) atoms. The molecule has 1 aromatic rings. The van der Waals surface area contributed by atoms with Crippen LogP contribution in [0.1, 0.15) is 31.7 Å². The van der Waals surface area contributed by atoms with E-state index in [1.165, 1.54) is 10.0 Å². The Labute approximate surface area is 134 Å². The second kappa shape index (κ2) is 7.20. The van der Waals surface area contributed by atoms with Crippen molar-refractivity contribution in [1.82, 2.24) is 0 Å². The van der Waals surface area contributed by atoms with E-state index in [4.69, 9.17) is 0 Å². The molecular weight excluding hydrogens is 369 g/mol. The van der Waals surface area contributed by atoms with Crippen molar-refractivity contribution in [2.24, 2.45) is 0 Å². The zero-order valence-corrected chi connectivity index (χ0v) is 14.0. The maximum atomic E-state index is 9.87. The van der Waals surface area contributed by atoms with Crippen LogP contribution < -0.4 is 0 Å². The zero-order valence-electron chi connectivity index (χ0n) is 12.0. The molecule has 0 unspecified atom stereocenters. The van der Waals surface area contributed by atoms with Crippen LogP contribution in [0.5, 0.6) is 0 Å².